The van der Waals surface area contributed by atoms with Crippen molar-refractivity contribution in [1.82, 2.24) is 9.47 Å². The number of aromatic nitrogens is 1. The van der Waals surface area contributed by atoms with Crippen LogP contribution >= 0.6 is 0 Å². The zero-order chi connectivity index (χ0) is 17.1. The molecule has 3 rings (SSSR count). The Morgan fingerprint density at radius 1 is 1.38 bits per heavy atom. The fourth-order valence-electron chi connectivity index (χ4n) is 3.16. The van der Waals surface area contributed by atoms with Crippen LogP contribution in [0.1, 0.15) is 12.0 Å². The van der Waals surface area contributed by atoms with Crippen LogP contribution in [0.3, 0.4) is 0 Å². The van der Waals surface area contributed by atoms with Crippen molar-refractivity contribution in [2.24, 2.45) is 7.05 Å². The monoisotopic (exact) mass is 330 g/mol. The van der Waals surface area contributed by atoms with Gasteiger partial charge in [-0.05, 0) is 17.5 Å². The molecule has 2 heterocycles. The Morgan fingerprint density at radius 2 is 2.17 bits per heavy atom. The first-order chi connectivity index (χ1) is 11.6. The van der Waals surface area contributed by atoms with Gasteiger partial charge in [0, 0.05) is 32.2 Å². The molecule has 128 valence electrons. The van der Waals surface area contributed by atoms with E-state index < -0.39 is 0 Å². The van der Waals surface area contributed by atoms with E-state index in [0.717, 1.165) is 23.0 Å². The fraction of sp³-hybridized carbons (Fsp3) is 0.444. The quantitative estimate of drug-likeness (QED) is 0.791. The second-order valence-electron chi connectivity index (χ2n) is 6.10. The molecule has 6 nitrogen and oxygen atoms in total. The summed E-state index contributed by atoms with van der Waals surface area (Å²) < 4.78 is 12.0. The third-order valence-electron chi connectivity index (χ3n) is 4.45. The molecular weight excluding hydrogens is 308 g/mol. The maximum atomic E-state index is 12.6. The molecule has 1 aromatic heterocycles. The van der Waals surface area contributed by atoms with Crippen LogP contribution in [-0.4, -0.2) is 48.3 Å². The molecule has 1 aliphatic heterocycles. The standard InChI is InChI=1S/C18H22N2O4/c1-19-16-6-4-3-5-13(16)9-14(18(19)22)11-20-7-8-24-15(12-20)10-17(21)23-2/h3-6,9,15H,7-8,10-12H2,1-2H3/t15-/m1/s1. The number of carbonyl (C=O) groups is 1. The Bertz CT molecular complexity index is 799. The van der Waals surface area contributed by atoms with E-state index in [0.29, 0.717) is 19.7 Å². The molecule has 0 bridgehead atoms. The molecule has 0 unspecified atom stereocenters. The highest BCUT2D eigenvalue weighted by atomic mass is 16.5. The first kappa shape index (κ1) is 16.7. The topological polar surface area (TPSA) is 60.8 Å². The lowest BCUT2D eigenvalue weighted by molar-refractivity contribution is -0.145. The van der Waals surface area contributed by atoms with Gasteiger partial charge in [0.15, 0.2) is 0 Å². The number of rotatable bonds is 4. The van der Waals surface area contributed by atoms with Gasteiger partial charge in [-0.3, -0.25) is 14.5 Å². The highest BCUT2D eigenvalue weighted by Crippen LogP contribution is 2.16. The van der Waals surface area contributed by atoms with Gasteiger partial charge in [-0.25, -0.2) is 0 Å². The maximum Gasteiger partial charge on any atom is 0.308 e. The number of hydrogen-bond acceptors (Lipinski definition) is 5. The van der Waals surface area contributed by atoms with E-state index in [1.165, 1.54) is 7.11 Å². The van der Waals surface area contributed by atoms with E-state index in [1.807, 2.05) is 30.3 Å². The molecule has 0 amide bonds. The molecule has 0 N–H and O–H groups in total. The summed E-state index contributed by atoms with van der Waals surface area (Å²) in [5.41, 5.74) is 1.71. The Hall–Kier alpha value is -2.18. The minimum absolute atomic E-state index is 0.0182. The van der Waals surface area contributed by atoms with Crippen molar-refractivity contribution in [3.63, 3.8) is 0 Å². The highest BCUT2D eigenvalue weighted by molar-refractivity contribution is 5.79. The number of para-hydroxylation sites is 1. The number of fused-ring (bicyclic) bond motifs is 1. The van der Waals surface area contributed by atoms with Gasteiger partial charge in [0.2, 0.25) is 0 Å². The largest absolute Gasteiger partial charge is 0.469 e. The van der Waals surface area contributed by atoms with Crippen molar-refractivity contribution >= 4 is 16.9 Å². The van der Waals surface area contributed by atoms with Gasteiger partial charge in [-0.1, -0.05) is 18.2 Å². The summed E-state index contributed by atoms with van der Waals surface area (Å²) >= 11 is 0. The summed E-state index contributed by atoms with van der Waals surface area (Å²) in [5, 5.41) is 1.05. The van der Waals surface area contributed by atoms with Crippen LogP contribution in [-0.2, 0) is 27.9 Å². The van der Waals surface area contributed by atoms with Crippen LogP contribution in [0.4, 0.5) is 0 Å². The molecule has 0 spiro atoms. The SMILES string of the molecule is COC(=O)C[C@@H]1CN(Cc2cc3ccccc3n(C)c2=O)CCO1. The molecule has 1 fully saturated rings. The lowest BCUT2D eigenvalue weighted by Crippen LogP contribution is -2.43. The first-order valence-electron chi connectivity index (χ1n) is 8.07. The zero-order valence-corrected chi connectivity index (χ0v) is 14.0. The van der Waals surface area contributed by atoms with E-state index in [9.17, 15) is 9.59 Å². The van der Waals surface area contributed by atoms with Gasteiger partial charge in [-0.15, -0.1) is 0 Å². The third-order valence-corrected chi connectivity index (χ3v) is 4.45. The van der Waals surface area contributed by atoms with Crippen molar-refractivity contribution in [1.29, 1.82) is 0 Å². The van der Waals surface area contributed by atoms with Gasteiger partial charge in [0.25, 0.3) is 5.56 Å². The van der Waals surface area contributed by atoms with Crippen LogP contribution < -0.4 is 5.56 Å². The minimum Gasteiger partial charge on any atom is -0.469 e. The van der Waals surface area contributed by atoms with Gasteiger partial charge >= 0.3 is 5.97 Å². The lowest BCUT2D eigenvalue weighted by atomic mass is 10.1. The first-order valence-corrected chi connectivity index (χ1v) is 8.07. The zero-order valence-electron chi connectivity index (χ0n) is 14.0. The summed E-state index contributed by atoms with van der Waals surface area (Å²) in [7, 11) is 3.18. The van der Waals surface area contributed by atoms with Gasteiger partial charge in [-0.2, -0.15) is 0 Å². The lowest BCUT2D eigenvalue weighted by Gasteiger charge is -2.32. The Kier molecular flexibility index (Phi) is 4.97. The number of benzene rings is 1. The normalized spacial score (nSPS) is 18.7. The number of pyridine rings is 1. The molecular formula is C18H22N2O4. The van der Waals surface area contributed by atoms with Crippen molar-refractivity contribution < 1.29 is 14.3 Å². The molecule has 1 atom stereocenters. The number of hydrogen-bond donors (Lipinski definition) is 0. The molecule has 1 saturated heterocycles. The van der Waals surface area contributed by atoms with Crippen LogP contribution in [0, 0.1) is 0 Å². The number of aryl methyl sites for hydroxylation is 1. The second-order valence-corrected chi connectivity index (χ2v) is 6.10. The van der Waals surface area contributed by atoms with Gasteiger partial charge < -0.3 is 14.0 Å². The number of carbonyl (C=O) groups excluding carboxylic acids is 1. The minimum atomic E-state index is -0.275. The molecule has 0 aliphatic carbocycles. The molecule has 0 saturated carbocycles. The van der Waals surface area contributed by atoms with Gasteiger partial charge in [0.1, 0.15) is 0 Å². The summed E-state index contributed by atoms with van der Waals surface area (Å²) in [6.07, 6.45) is 0.0541. The van der Waals surface area contributed by atoms with Crippen LogP contribution in [0.5, 0.6) is 0 Å². The Labute approximate surface area is 140 Å². The molecule has 6 heteroatoms. The predicted octanol–water partition coefficient (Wildman–Crippen LogP) is 1.30. The molecule has 1 aromatic carbocycles. The van der Waals surface area contributed by atoms with E-state index >= 15 is 0 Å². The van der Waals surface area contributed by atoms with Crippen molar-refractivity contribution in [3.8, 4) is 0 Å². The van der Waals surface area contributed by atoms with Crippen molar-refractivity contribution in [3.05, 3.63) is 46.2 Å². The van der Waals surface area contributed by atoms with E-state index in [-0.39, 0.29) is 24.1 Å². The fourth-order valence-corrected chi connectivity index (χ4v) is 3.16. The predicted molar refractivity (Wildman–Crippen MR) is 90.8 cm³/mol. The number of esters is 1. The van der Waals surface area contributed by atoms with Crippen molar-refractivity contribution in [2.75, 3.05) is 26.8 Å². The van der Waals surface area contributed by atoms with E-state index in [1.54, 1.807) is 11.6 Å². The molecule has 1 aliphatic rings. The summed E-state index contributed by atoms with van der Waals surface area (Å²) in [4.78, 5) is 26.2. The highest BCUT2D eigenvalue weighted by Gasteiger charge is 2.24. The summed E-state index contributed by atoms with van der Waals surface area (Å²) in [6.45, 7) is 2.47. The smallest absolute Gasteiger partial charge is 0.308 e. The molecule has 2 aromatic rings. The number of ether oxygens (including phenoxy) is 2. The average molecular weight is 330 g/mol. The van der Waals surface area contributed by atoms with Crippen LogP contribution in [0.15, 0.2) is 35.1 Å². The maximum absolute atomic E-state index is 12.6. The third kappa shape index (κ3) is 3.49. The summed E-state index contributed by atoms with van der Waals surface area (Å²) in [6, 6.07) is 9.82. The molecule has 24 heavy (non-hydrogen) atoms. The number of nitrogens with zero attached hydrogens (tertiary/aromatic N) is 2. The van der Waals surface area contributed by atoms with Crippen LogP contribution in [0.2, 0.25) is 0 Å². The molecule has 0 radical (unpaired) electrons. The summed E-state index contributed by atoms with van der Waals surface area (Å²) in [5.74, 6) is -0.275. The van der Waals surface area contributed by atoms with Gasteiger partial charge in [0.05, 0.1) is 31.8 Å². The Balaban J connectivity index is 1.78. The van der Waals surface area contributed by atoms with E-state index in [4.69, 9.17) is 9.47 Å². The van der Waals surface area contributed by atoms with Crippen molar-refractivity contribution in [2.45, 2.75) is 19.1 Å². The second kappa shape index (κ2) is 7.15. The average Bonchev–Trinajstić information content (AvgIpc) is 2.59. The number of morpholine rings is 1. The Morgan fingerprint density at radius 3 is 2.96 bits per heavy atom. The van der Waals surface area contributed by atoms with Crippen LogP contribution in [0.25, 0.3) is 10.9 Å². The van der Waals surface area contributed by atoms with E-state index in [2.05, 4.69) is 4.90 Å². The number of methoxy groups -OCH3 is 1.